The Kier molecular flexibility index (Phi) is 13.6. The first-order valence-electron chi connectivity index (χ1n) is 5.54. The summed E-state index contributed by atoms with van der Waals surface area (Å²) >= 11 is 0. The summed E-state index contributed by atoms with van der Waals surface area (Å²) in [7, 11) is 0. The summed E-state index contributed by atoms with van der Waals surface area (Å²) in [6.45, 7) is 12.6. The number of aryl methyl sites for hydroxylation is 1. The lowest BCUT2D eigenvalue weighted by molar-refractivity contribution is 0.626. The molecule has 0 aromatic carbocycles. The molecule has 0 aliphatic heterocycles. The predicted octanol–water partition coefficient (Wildman–Crippen LogP) is 4.47. The molecule has 0 saturated heterocycles. The van der Waals surface area contributed by atoms with Crippen LogP contribution in [0.15, 0.2) is 24.4 Å². The Hall–Kier alpha value is -0.850. The number of hydrogen-bond donors (Lipinski definition) is 0. The van der Waals surface area contributed by atoms with Gasteiger partial charge < -0.3 is 0 Å². The van der Waals surface area contributed by atoms with Gasteiger partial charge in [-0.1, -0.05) is 47.1 Å². The van der Waals surface area contributed by atoms with Gasteiger partial charge in [0, 0.05) is 11.9 Å². The van der Waals surface area contributed by atoms with E-state index in [-0.39, 0.29) is 0 Å². The summed E-state index contributed by atoms with van der Waals surface area (Å²) in [6.07, 6.45) is 3.09. The minimum atomic E-state index is 0.884. The second-order valence-corrected chi connectivity index (χ2v) is 3.27. The molecule has 1 heterocycles. The lowest BCUT2D eigenvalue weighted by Crippen LogP contribution is -1.77. The number of rotatable bonds is 1. The zero-order valence-electron chi connectivity index (χ0n) is 10.5. The van der Waals surface area contributed by atoms with Crippen molar-refractivity contribution in [3.63, 3.8) is 0 Å². The van der Waals surface area contributed by atoms with Crippen LogP contribution in [-0.2, 0) is 0 Å². The molecule has 0 aliphatic carbocycles. The number of pyridine rings is 1. The third-order valence-electron chi connectivity index (χ3n) is 1.63. The van der Waals surface area contributed by atoms with Crippen LogP contribution < -0.4 is 0 Å². The summed E-state index contributed by atoms with van der Waals surface area (Å²) in [6, 6.07) is 5.86. The van der Waals surface area contributed by atoms with Crippen molar-refractivity contribution >= 4 is 0 Å². The topological polar surface area (TPSA) is 12.9 Å². The molecule has 14 heavy (non-hydrogen) atoms. The molecule has 0 unspecified atom stereocenters. The highest BCUT2D eigenvalue weighted by Gasteiger charge is 1.80. The molecule has 0 aliphatic rings. The summed E-state index contributed by atoms with van der Waals surface area (Å²) in [5, 5.41) is 0. The fourth-order valence-electron chi connectivity index (χ4n) is 0.448. The SMILES string of the molecule is CC.CCC(C)C.Cc1ccccn1. The third-order valence-corrected chi connectivity index (χ3v) is 1.63. The van der Waals surface area contributed by atoms with E-state index in [1.165, 1.54) is 6.42 Å². The maximum Gasteiger partial charge on any atom is 0.0372 e. The quantitative estimate of drug-likeness (QED) is 0.644. The molecular formula is C13H25N. The van der Waals surface area contributed by atoms with Gasteiger partial charge in [0.2, 0.25) is 0 Å². The van der Waals surface area contributed by atoms with Crippen LogP contribution in [0.3, 0.4) is 0 Å². The molecule has 1 rings (SSSR count). The highest BCUT2D eigenvalue weighted by molar-refractivity contribution is 4.99. The number of hydrogen-bond acceptors (Lipinski definition) is 1. The van der Waals surface area contributed by atoms with Crippen molar-refractivity contribution in [3.8, 4) is 0 Å². The first-order chi connectivity index (χ1) is 6.66. The van der Waals surface area contributed by atoms with E-state index in [4.69, 9.17) is 0 Å². The van der Waals surface area contributed by atoms with Crippen LogP contribution in [0.5, 0.6) is 0 Å². The summed E-state index contributed by atoms with van der Waals surface area (Å²) in [5.74, 6) is 0.884. The average Bonchev–Trinajstić information content (AvgIpc) is 2.23. The van der Waals surface area contributed by atoms with Crippen LogP contribution in [0.4, 0.5) is 0 Å². The molecule has 1 heteroatoms. The van der Waals surface area contributed by atoms with Crippen LogP contribution in [0.1, 0.15) is 46.7 Å². The van der Waals surface area contributed by atoms with Gasteiger partial charge in [0.15, 0.2) is 0 Å². The van der Waals surface area contributed by atoms with Gasteiger partial charge in [0.25, 0.3) is 0 Å². The third kappa shape index (κ3) is 13.7. The molecule has 0 bridgehead atoms. The van der Waals surface area contributed by atoms with Crippen molar-refractivity contribution in [2.24, 2.45) is 5.92 Å². The van der Waals surface area contributed by atoms with E-state index in [1.807, 2.05) is 39.0 Å². The Morgan fingerprint density at radius 3 is 1.86 bits per heavy atom. The van der Waals surface area contributed by atoms with Crippen LogP contribution in [-0.4, -0.2) is 4.98 Å². The molecule has 1 nitrogen and oxygen atoms in total. The largest absolute Gasteiger partial charge is 0.262 e. The van der Waals surface area contributed by atoms with Crippen molar-refractivity contribution in [1.82, 2.24) is 4.98 Å². The van der Waals surface area contributed by atoms with E-state index >= 15 is 0 Å². The Balaban J connectivity index is 0. The Morgan fingerprint density at radius 1 is 1.21 bits per heavy atom. The molecule has 1 aromatic heterocycles. The number of nitrogens with zero attached hydrogens (tertiary/aromatic N) is 1. The van der Waals surface area contributed by atoms with Crippen molar-refractivity contribution in [2.45, 2.75) is 48.0 Å². The Labute approximate surface area is 89.6 Å². The zero-order chi connectivity index (χ0) is 11.4. The van der Waals surface area contributed by atoms with Gasteiger partial charge in [0.1, 0.15) is 0 Å². The van der Waals surface area contributed by atoms with Crippen molar-refractivity contribution in [3.05, 3.63) is 30.1 Å². The molecule has 0 fully saturated rings. The van der Waals surface area contributed by atoms with Crippen LogP contribution >= 0.6 is 0 Å². The number of aromatic nitrogens is 1. The fourth-order valence-corrected chi connectivity index (χ4v) is 0.448. The van der Waals surface area contributed by atoms with E-state index in [0.29, 0.717) is 0 Å². The van der Waals surface area contributed by atoms with E-state index in [2.05, 4.69) is 25.8 Å². The summed E-state index contributed by atoms with van der Waals surface area (Å²) in [5.41, 5.74) is 1.07. The minimum absolute atomic E-state index is 0.884. The van der Waals surface area contributed by atoms with E-state index in [0.717, 1.165) is 11.6 Å². The van der Waals surface area contributed by atoms with E-state index in [9.17, 15) is 0 Å². The maximum absolute atomic E-state index is 3.98. The van der Waals surface area contributed by atoms with Gasteiger partial charge in [-0.15, -0.1) is 0 Å². The first kappa shape index (κ1) is 15.6. The van der Waals surface area contributed by atoms with Crippen LogP contribution in [0.2, 0.25) is 0 Å². The van der Waals surface area contributed by atoms with Crippen molar-refractivity contribution in [2.75, 3.05) is 0 Å². The molecule has 0 saturated carbocycles. The zero-order valence-corrected chi connectivity index (χ0v) is 10.5. The van der Waals surface area contributed by atoms with E-state index < -0.39 is 0 Å². The summed E-state index contributed by atoms with van der Waals surface area (Å²) < 4.78 is 0. The van der Waals surface area contributed by atoms with Gasteiger partial charge in [-0.3, -0.25) is 4.98 Å². The second kappa shape index (κ2) is 12.2. The van der Waals surface area contributed by atoms with Gasteiger partial charge in [-0.2, -0.15) is 0 Å². The average molecular weight is 195 g/mol. The monoisotopic (exact) mass is 195 g/mol. The van der Waals surface area contributed by atoms with Gasteiger partial charge in [-0.25, -0.2) is 0 Å². The Bertz CT molecular complexity index is 180. The van der Waals surface area contributed by atoms with Gasteiger partial charge in [-0.05, 0) is 25.0 Å². The van der Waals surface area contributed by atoms with Crippen molar-refractivity contribution in [1.29, 1.82) is 0 Å². The lowest BCUT2D eigenvalue weighted by atomic mass is 10.2. The van der Waals surface area contributed by atoms with Crippen LogP contribution in [0.25, 0.3) is 0 Å². The molecule has 0 radical (unpaired) electrons. The lowest BCUT2D eigenvalue weighted by Gasteiger charge is -1.90. The van der Waals surface area contributed by atoms with Crippen molar-refractivity contribution < 1.29 is 0 Å². The maximum atomic E-state index is 3.98. The standard InChI is InChI=1S/C6H7N.C5H12.C2H6/c1-6-4-2-3-5-7-6;1-4-5(2)3;1-2/h2-5H,1H3;5H,4H2,1-3H3;1-2H3. The molecule has 0 N–H and O–H groups in total. The molecule has 0 amide bonds. The van der Waals surface area contributed by atoms with E-state index in [1.54, 1.807) is 6.20 Å². The molecule has 0 atom stereocenters. The van der Waals surface area contributed by atoms with Crippen LogP contribution in [0, 0.1) is 12.8 Å². The molecule has 0 spiro atoms. The highest BCUT2D eigenvalue weighted by Crippen LogP contribution is 1.93. The Morgan fingerprint density at radius 2 is 1.71 bits per heavy atom. The second-order valence-electron chi connectivity index (χ2n) is 3.27. The fraction of sp³-hybridized carbons (Fsp3) is 0.615. The summed E-state index contributed by atoms with van der Waals surface area (Å²) in [4.78, 5) is 3.98. The smallest absolute Gasteiger partial charge is 0.0372 e. The normalized spacial score (nSPS) is 8.21. The molecule has 82 valence electrons. The predicted molar refractivity (Wildman–Crippen MR) is 65.5 cm³/mol. The first-order valence-corrected chi connectivity index (χ1v) is 5.54. The highest BCUT2D eigenvalue weighted by atomic mass is 14.6. The van der Waals surface area contributed by atoms with Gasteiger partial charge >= 0.3 is 0 Å². The molecule has 1 aromatic rings. The van der Waals surface area contributed by atoms with Gasteiger partial charge in [0.05, 0.1) is 0 Å². The minimum Gasteiger partial charge on any atom is -0.262 e. The molecular weight excluding hydrogens is 170 g/mol.